The Kier molecular flexibility index (Phi) is 6.45. The average Bonchev–Trinajstić information content (AvgIpc) is 3.46. The number of nitrogens with zero attached hydrogens (tertiary/aromatic N) is 1. The predicted molar refractivity (Wildman–Crippen MR) is 104 cm³/mol. The number of amidine groups is 1. The van der Waals surface area contributed by atoms with Gasteiger partial charge in [0.1, 0.15) is 17.3 Å². The van der Waals surface area contributed by atoms with E-state index < -0.39 is 41.6 Å². The Morgan fingerprint density at radius 3 is 2.50 bits per heavy atom. The van der Waals surface area contributed by atoms with Crippen LogP contribution in [-0.4, -0.2) is 54.2 Å². The number of hydrogen-bond donors (Lipinski definition) is 3. The molecule has 1 atom stereocenters. The summed E-state index contributed by atoms with van der Waals surface area (Å²) < 4.78 is 62.4. The molecule has 8 nitrogen and oxygen atoms in total. The maximum Gasteiger partial charge on any atom is 0.422 e. The van der Waals surface area contributed by atoms with Crippen LogP contribution in [0, 0.1) is 11.3 Å². The molecule has 1 aliphatic heterocycles. The van der Waals surface area contributed by atoms with Crippen LogP contribution in [-0.2, 0) is 15.2 Å². The molecule has 0 aromatic carbocycles. The highest BCUT2D eigenvalue weighted by Crippen LogP contribution is 2.40. The molecule has 1 aromatic rings. The number of carbonyl (C=O) groups is 2. The van der Waals surface area contributed by atoms with E-state index in [-0.39, 0.29) is 36.2 Å². The normalized spacial score (nSPS) is 19.3. The zero-order valence-electron chi connectivity index (χ0n) is 17.6. The van der Waals surface area contributed by atoms with Crippen molar-refractivity contribution >= 4 is 17.6 Å². The van der Waals surface area contributed by atoms with Gasteiger partial charge in [-0.25, -0.2) is 4.39 Å². The molecule has 3 rings (SSSR count). The largest absolute Gasteiger partial charge is 0.484 e. The van der Waals surface area contributed by atoms with E-state index in [1.807, 2.05) is 0 Å². The first-order valence-electron chi connectivity index (χ1n) is 9.97. The highest BCUT2D eigenvalue weighted by molar-refractivity contribution is 6.04. The Morgan fingerprint density at radius 1 is 1.34 bits per heavy atom. The van der Waals surface area contributed by atoms with Gasteiger partial charge < -0.3 is 20.1 Å². The van der Waals surface area contributed by atoms with Crippen LogP contribution in [0.4, 0.5) is 17.6 Å². The summed E-state index contributed by atoms with van der Waals surface area (Å²) in [6, 6.07) is 0.940. The van der Waals surface area contributed by atoms with Crippen LogP contribution >= 0.6 is 0 Å². The van der Waals surface area contributed by atoms with Crippen molar-refractivity contribution < 1.29 is 36.6 Å². The molecule has 1 unspecified atom stereocenters. The SMILES string of the molecule is CC(=O)NC(=N)C(C)(CC1CC1)NC(=O)c1cc(OCC(F)(F)F)c(C2(F)COC2)cn1. The molecule has 2 fully saturated rings. The Morgan fingerprint density at radius 2 is 2.00 bits per heavy atom. The Labute approximate surface area is 181 Å². The summed E-state index contributed by atoms with van der Waals surface area (Å²) >= 11 is 0. The van der Waals surface area contributed by atoms with E-state index in [4.69, 9.17) is 14.9 Å². The minimum absolute atomic E-state index is 0.218. The molecular weight excluding hydrogens is 436 g/mol. The van der Waals surface area contributed by atoms with Crippen molar-refractivity contribution in [2.45, 2.75) is 50.5 Å². The number of amides is 2. The number of rotatable bonds is 8. The summed E-state index contributed by atoms with van der Waals surface area (Å²) in [5.74, 6) is -1.70. The van der Waals surface area contributed by atoms with Crippen molar-refractivity contribution in [2.75, 3.05) is 19.8 Å². The smallest absolute Gasteiger partial charge is 0.422 e. The Bertz CT molecular complexity index is 915. The van der Waals surface area contributed by atoms with Crippen LogP contribution in [0.3, 0.4) is 0 Å². The summed E-state index contributed by atoms with van der Waals surface area (Å²) in [6.07, 6.45) is -1.48. The lowest BCUT2D eigenvalue weighted by Crippen LogP contribution is -2.57. The highest BCUT2D eigenvalue weighted by Gasteiger charge is 2.44. The van der Waals surface area contributed by atoms with E-state index in [1.54, 1.807) is 6.92 Å². The molecule has 0 radical (unpaired) electrons. The van der Waals surface area contributed by atoms with E-state index in [0.29, 0.717) is 6.42 Å². The molecule has 12 heteroatoms. The molecule has 1 aromatic heterocycles. The van der Waals surface area contributed by atoms with Crippen molar-refractivity contribution in [3.63, 3.8) is 0 Å². The number of halogens is 4. The Hall–Kier alpha value is -2.76. The molecule has 2 heterocycles. The molecule has 1 saturated carbocycles. The van der Waals surface area contributed by atoms with E-state index in [0.717, 1.165) is 25.1 Å². The summed E-state index contributed by atoms with van der Waals surface area (Å²) in [5, 5.41) is 13.2. The third-order valence-corrected chi connectivity index (χ3v) is 5.27. The molecule has 176 valence electrons. The lowest BCUT2D eigenvalue weighted by atomic mass is 9.92. The van der Waals surface area contributed by atoms with Gasteiger partial charge in [-0.3, -0.25) is 20.0 Å². The summed E-state index contributed by atoms with van der Waals surface area (Å²) in [6.45, 7) is 0.398. The van der Waals surface area contributed by atoms with Gasteiger partial charge in [0.25, 0.3) is 5.91 Å². The monoisotopic (exact) mass is 460 g/mol. The maximum absolute atomic E-state index is 14.8. The fraction of sp³-hybridized carbons (Fsp3) is 0.600. The molecule has 3 N–H and O–H groups in total. The molecule has 2 aliphatic rings. The third-order valence-electron chi connectivity index (χ3n) is 5.27. The number of alkyl halides is 4. The first kappa shape index (κ1) is 23.9. The number of hydrogen-bond acceptors (Lipinski definition) is 6. The van der Waals surface area contributed by atoms with E-state index >= 15 is 0 Å². The van der Waals surface area contributed by atoms with Gasteiger partial charge in [0.05, 0.1) is 24.3 Å². The molecular formula is C20H24F4N4O4. The minimum Gasteiger partial charge on any atom is -0.484 e. The standard InChI is InChI=1S/C20H24F4N4O4/c1-11(29)27-17(25)18(2,6-12-3-4-12)28-16(30)14-5-15(32-10-20(22,23)24)13(7-26-14)19(21)8-31-9-19/h5,7,12H,3-4,6,8-10H2,1-2H3,(H,28,30)(H2,25,27,29). The van der Waals surface area contributed by atoms with Crippen LogP contribution in [0.5, 0.6) is 5.75 Å². The zero-order valence-corrected chi connectivity index (χ0v) is 17.6. The van der Waals surface area contributed by atoms with Gasteiger partial charge in [-0.2, -0.15) is 13.2 Å². The number of nitrogens with one attached hydrogen (secondary N) is 3. The van der Waals surface area contributed by atoms with Crippen molar-refractivity contribution in [1.82, 2.24) is 15.6 Å². The molecule has 1 aliphatic carbocycles. The summed E-state index contributed by atoms with van der Waals surface area (Å²) in [4.78, 5) is 28.2. The second-order valence-corrected chi connectivity index (χ2v) is 8.42. The first-order valence-corrected chi connectivity index (χ1v) is 9.97. The summed E-state index contributed by atoms with van der Waals surface area (Å²) in [5.41, 5.74) is -3.85. The maximum atomic E-state index is 14.8. The number of aromatic nitrogens is 1. The predicted octanol–water partition coefficient (Wildman–Crippen LogP) is 2.62. The topological polar surface area (TPSA) is 113 Å². The van der Waals surface area contributed by atoms with Gasteiger partial charge in [-0.15, -0.1) is 0 Å². The number of pyridine rings is 1. The number of carbonyl (C=O) groups excluding carboxylic acids is 2. The lowest BCUT2D eigenvalue weighted by molar-refractivity contribution is -0.156. The fourth-order valence-corrected chi connectivity index (χ4v) is 3.36. The molecule has 0 bridgehead atoms. The van der Waals surface area contributed by atoms with Crippen LogP contribution in [0.2, 0.25) is 0 Å². The molecule has 32 heavy (non-hydrogen) atoms. The quantitative estimate of drug-likeness (QED) is 0.314. The summed E-state index contributed by atoms with van der Waals surface area (Å²) in [7, 11) is 0. The lowest BCUT2D eigenvalue weighted by Gasteiger charge is -2.35. The highest BCUT2D eigenvalue weighted by atomic mass is 19.4. The van der Waals surface area contributed by atoms with Crippen LogP contribution in [0.15, 0.2) is 12.3 Å². The van der Waals surface area contributed by atoms with E-state index in [9.17, 15) is 27.2 Å². The third kappa shape index (κ3) is 5.72. The number of ether oxygens (including phenoxy) is 2. The van der Waals surface area contributed by atoms with Gasteiger partial charge in [-0.1, -0.05) is 12.8 Å². The first-order chi connectivity index (χ1) is 14.8. The van der Waals surface area contributed by atoms with Crippen molar-refractivity contribution in [1.29, 1.82) is 5.41 Å². The fourth-order valence-electron chi connectivity index (χ4n) is 3.36. The molecule has 1 saturated heterocycles. The van der Waals surface area contributed by atoms with Gasteiger partial charge in [0.2, 0.25) is 5.91 Å². The van der Waals surface area contributed by atoms with Crippen LogP contribution < -0.4 is 15.4 Å². The van der Waals surface area contributed by atoms with Gasteiger partial charge in [0.15, 0.2) is 12.3 Å². The van der Waals surface area contributed by atoms with E-state index in [2.05, 4.69) is 15.6 Å². The van der Waals surface area contributed by atoms with Crippen molar-refractivity contribution in [2.24, 2.45) is 5.92 Å². The average molecular weight is 460 g/mol. The van der Waals surface area contributed by atoms with Crippen LogP contribution in [0.25, 0.3) is 0 Å². The molecule has 0 spiro atoms. The van der Waals surface area contributed by atoms with Crippen molar-refractivity contribution in [3.8, 4) is 5.75 Å². The van der Waals surface area contributed by atoms with E-state index in [1.165, 1.54) is 6.92 Å². The van der Waals surface area contributed by atoms with Gasteiger partial charge >= 0.3 is 6.18 Å². The second kappa shape index (κ2) is 8.64. The zero-order chi connectivity index (χ0) is 23.7. The molecule has 2 amide bonds. The van der Waals surface area contributed by atoms with Crippen LogP contribution in [0.1, 0.15) is 49.2 Å². The Balaban J connectivity index is 1.85. The second-order valence-electron chi connectivity index (χ2n) is 8.42. The van der Waals surface area contributed by atoms with Crippen molar-refractivity contribution in [3.05, 3.63) is 23.5 Å². The minimum atomic E-state index is -4.67. The van der Waals surface area contributed by atoms with Gasteiger partial charge in [-0.05, 0) is 19.3 Å². The van der Waals surface area contributed by atoms with Gasteiger partial charge in [0, 0.05) is 19.2 Å².